The van der Waals surface area contributed by atoms with E-state index in [9.17, 15) is 0 Å². The molecular formula is C8H15N3O. The molecule has 1 aromatic rings. The van der Waals surface area contributed by atoms with Crippen molar-refractivity contribution in [3.8, 4) is 0 Å². The second-order valence-electron chi connectivity index (χ2n) is 2.93. The van der Waals surface area contributed by atoms with E-state index in [1.54, 1.807) is 13.3 Å². The van der Waals surface area contributed by atoms with Gasteiger partial charge in [-0.2, -0.15) is 4.98 Å². The summed E-state index contributed by atoms with van der Waals surface area (Å²) in [6, 6.07) is 1.04. The summed E-state index contributed by atoms with van der Waals surface area (Å²) in [5, 5.41) is 6.08. The first-order chi connectivity index (χ1) is 5.72. The van der Waals surface area contributed by atoms with Gasteiger partial charge < -0.3 is 15.1 Å². The molecule has 0 saturated heterocycles. The molecule has 0 spiro atoms. The summed E-state index contributed by atoms with van der Waals surface area (Å²) >= 11 is 0. The third-order valence-electron chi connectivity index (χ3n) is 1.46. The van der Waals surface area contributed by atoms with Gasteiger partial charge in [-0.3, -0.25) is 0 Å². The summed E-state index contributed by atoms with van der Waals surface area (Å²) in [5.74, 6) is 0. The molecule has 0 bridgehead atoms. The van der Waals surface area contributed by atoms with Gasteiger partial charge in [-0.05, 0) is 0 Å². The largest absolute Gasteiger partial charge is 0.432 e. The van der Waals surface area contributed by atoms with Crippen LogP contribution in [0, 0.1) is 0 Å². The molecule has 0 saturated carbocycles. The zero-order valence-corrected chi connectivity index (χ0v) is 7.72. The minimum absolute atomic E-state index is 0.472. The molecule has 0 aliphatic carbocycles. The van der Waals surface area contributed by atoms with Crippen molar-refractivity contribution in [1.82, 2.24) is 10.3 Å². The first-order valence-corrected chi connectivity index (χ1v) is 4.08. The lowest BCUT2D eigenvalue weighted by Crippen LogP contribution is -2.21. The van der Waals surface area contributed by atoms with Gasteiger partial charge in [0.05, 0.1) is 5.69 Å². The molecule has 2 N–H and O–H groups in total. The van der Waals surface area contributed by atoms with Crippen LogP contribution in [0.1, 0.15) is 19.5 Å². The number of oxazole rings is 1. The van der Waals surface area contributed by atoms with Crippen molar-refractivity contribution in [3.63, 3.8) is 0 Å². The van der Waals surface area contributed by atoms with Crippen LogP contribution in [-0.4, -0.2) is 18.1 Å². The van der Waals surface area contributed by atoms with Gasteiger partial charge in [0.1, 0.15) is 6.26 Å². The van der Waals surface area contributed by atoms with Gasteiger partial charge in [0.2, 0.25) is 0 Å². The van der Waals surface area contributed by atoms with E-state index in [4.69, 9.17) is 4.42 Å². The van der Waals surface area contributed by atoms with Crippen molar-refractivity contribution in [1.29, 1.82) is 0 Å². The maximum absolute atomic E-state index is 5.08. The molecule has 4 nitrogen and oxygen atoms in total. The molecule has 0 aliphatic heterocycles. The molecule has 0 aliphatic rings. The van der Waals surface area contributed by atoms with Crippen LogP contribution >= 0.6 is 0 Å². The summed E-state index contributed by atoms with van der Waals surface area (Å²) < 4.78 is 5.08. The summed E-state index contributed by atoms with van der Waals surface area (Å²) in [4.78, 5) is 4.16. The minimum Gasteiger partial charge on any atom is -0.432 e. The fourth-order valence-corrected chi connectivity index (χ4v) is 0.812. The van der Waals surface area contributed by atoms with Crippen LogP contribution in [0.3, 0.4) is 0 Å². The van der Waals surface area contributed by atoms with Crippen LogP contribution in [0.4, 0.5) is 6.01 Å². The van der Waals surface area contributed by atoms with Gasteiger partial charge in [-0.15, -0.1) is 0 Å². The Hall–Kier alpha value is -1.03. The highest BCUT2D eigenvalue weighted by Crippen LogP contribution is 2.05. The molecule has 4 heteroatoms. The Kier molecular flexibility index (Phi) is 3.10. The number of nitrogens with one attached hydrogen (secondary N) is 2. The van der Waals surface area contributed by atoms with E-state index in [0.29, 0.717) is 12.1 Å². The standard InChI is InChI=1S/C8H15N3O/c1-6(2)10-4-7-5-12-8(9-3)11-7/h5-6,10H,4H2,1-3H3,(H,9,11). The van der Waals surface area contributed by atoms with E-state index >= 15 is 0 Å². The molecule has 1 aromatic heterocycles. The summed E-state index contributed by atoms with van der Waals surface area (Å²) in [5.41, 5.74) is 0.924. The second kappa shape index (κ2) is 4.11. The minimum atomic E-state index is 0.472. The van der Waals surface area contributed by atoms with Crippen molar-refractivity contribution in [3.05, 3.63) is 12.0 Å². The first kappa shape index (κ1) is 9.06. The molecule has 1 heterocycles. The quantitative estimate of drug-likeness (QED) is 0.711. The number of aromatic nitrogens is 1. The van der Waals surface area contributed by atoms with Crippen molar-refractivity contribution in [2.45, 2.75) is 26.4 Å². The highest BCUT2D eigenvalue weighted by Gasteiger charge is 2.01. The van der Waals surface area contributed by atoms with Crippen LogP contribution < -0.4 is 10.6 Å². The topological polar surface area (TPSA) is 50.1 Å². The highest BCUT2D eigenvalue weighted by molar-refractivity contribution is 5.19. The SMILES string of the molecule is CNc1nc(CNC(C)C)co1. The third kappa shape index (κ3) is 2.54. The van der Waals surface area contributed by atoms with E-state index in [0.717, 1.165) is 12.2 Å². The van der Waals surface area contributed by atoms with Gasteiger partial charge >= 0.3 is 0 Å². The molecule has 0 radical (unpaired) electrons. The average Bonchev–Trinajstić information content (AvgIpc) is 2.48. The Bertz CT molecular complexity index is 232. The predicted molar refractivity (Wildman–Crippen MR) is 48.0 cm³/mol. The second-order valence-corrected chi connectivity index (χ2v) is 2.93. The van der Waals surface area contributed by atoms with E-state index in [1.165, 1.54) is 0 Å². The van der Waals surface area contributed by atoms with Crippen LogP contribution in [0.5, 0.6) is 0 Å². The molecule has 68 valence electrons. The van der Waals surface area contributed by atoms with Crippen molar-refractivity contribution in [2.24, 2.45) is 0 Å². The molecule has 0 aromatic carbocycles. The fraction of sp³-hybridized carbons (Fsp3) is 0.625. The van der Waals surface area contributed by atoms with Crippen LogP contribution in [0.25, 0.3) is 0 Å². The Balaban J connectivity index is 2.41. The van der Waals surface area contributed by atoms with Crippen molar-refractivity contribution >= 4 is 6.01 Å². The average molecular weight is 169 g/mol. The predicted octanol–water partition coefficient (Wildman–Crippen LogP) is 1.21. The van der Waals surface area contributed by atoms with E-state index < -0.39 is 0 Å². The summed E-state index contributed by atoms with van der Waals surface area (Å²) in [6.07, 6.45) is 1.65. The molecule has 1 rings (SSSR count). The van der Waals surface area contributed by atoms with Crippen molar-refractivity contribution in [2.75, 3.05) is 12.4 Å². The fourth-order valence-electron chi connectivity index (χ4n) is 0.812. The zero-order valence-electron chi connectivity index (χ0n) is 7.72. The lowest BCUT2D eigenvalue weighted by atomic mass is 10.4. The summed E-state index contributed by atoms with van der Waals surface area (Å²) in [7, 11) is 1.78. The van der Waals surface area contributed by atoms with E-state index in [1.807, 2.05) is 0 Å². The number of hydrogen-bond acceptors (Lipinski definition) is 4. The Morgan fingerprint density at radius 2 is 2.33 bits per heavy atom. The van der Waals surface area contributed by atoms with Gasteiger partial charge in [0, 0.05) is 19.6 Å². The van der Waals surface area contributed by atoms with Crippen molar-refractivity contribution < 1.29 is 4.42 Å². The molecular weight excluding hydrogens is 154 g/mol. The van der Waals surface area contributed by atoms with Crippen LogP contribution in [-0.2, 0) is 6.54 Å². The zero-order chi connectivity index (χ0) is 8.97. The van der Waals surface area contributed by atoms with E-state index in [2.05, 4.69) is 29.5 Å². The number of anilines is 1. The molecule has 0 unspecified atom stereocenters. The lowest BCUT2D eigenvalue weighted by Gasteiger charge is -2.03. The van der Waals surface area contributed by atoms with Gasteiger partial charge in [-0.25, -0.2) is 0 Å². The maximum atomic E-state index is 5.08. The highest BCUT2D eigenvalue weighted by atomic mass is 16.4. The van der Waals surface area contributed by atoms with Gasteiger partial charge in [-0.1, -0.05) is 13.8 Å². The maximum Gasteiger partial charge on any atom is 0.294 e. The Labute approximate surface area is 72.4 Å². The first-order valence-electron chi connectivity index (χ1n) is 4.08. The Morgan fingerprint density at radius 1 is 1.58 bits per heavy atom. The van der Waals surface area contributed by atoms with E-state index in [-0.39, 0.29) is 0 Å². The van der Waals surface area contributed by atoms with Crippen LogP contribution in [0.15, 0.2) is 10.7 Å². The molecule has 0 fully saturated rings. The number of nitrogens with zero attached hydrogens (tertiary/aromatic N) is 1. The van der Waals surface area contributed by atoms with Gasteiger partial charge in [0.15, 0.2) is 0 Å². The monoisotopic (exact) mass is 169 g/mol. The molecule has 0 atom stereocenters. The summed E-state index contributed by atoms with van der Waals surface area (Å²) in [6.45, 7) is 4.95. The smallest absolute Gasteiger partial charge is 0.294 e. The number of rotatable bonds is 4. The third-order valence-corrected chi connectivity index (χ3v) is 1.46. The number of hydrogen-bond donors (Lipinski definition) is 2. The Morgan fingerprint density at radius 3 is 2.83 bits per heavy atom. The van der Waals surface area contributed by atoms with Gasteiger partial charge in [0.25, 0.3) is 6.01 Å². The normalized spacial score (nSPS) is 10.7. The molecule has 0 amide bonds. The lowest BCUT2D eigenvalue weighted by molar-refractivity contribution is 0.560. The van der Waals surface area contributed by atoms with Crippen LogP contribution in [0.2, 0.25) is 0 Å². The molecule has 12 heavy (non-hydrogen) atoms.